The average Bonchev–Trinajstić information content (AvgIpc) is 2.44. The molecular formula is C17H32O4S. The van der Waals surface area contributed by atoms with Crippen LogP contribution in [0.25, 0.3) is 0 Å². The molecule has 0 aromatic heterocycles. The maximum atomic E-state index is 10.9. The molecule has 0 aliphatic rings. The van der Waals surface area contributed by atoms with Crippen molar-refractivity contribution in [1.82, 2.24) is 0 Å². The summed E-state index contributed by atoms with van der Waals surface area (Å²) in [5.74, 6) is -0.533. The first-order valence-corrected chi connectivity index (χ1v) is 9.94. The van der Waals surface area contributed by atoms with Crippen molar-refractivity contribution < 1.29 is 18.3 Å². The standard InChI is InChI=1S/C17H32O4S/c1-2-3-4-6-9-12-16(15-22(20)21)13-10-7-5-8-11-14-17(18)19/h12,22H,2-11,13-15H2,1H3,(H,18,19)/b16-12+. The molecule has 0 aliphatic heterocycles. The third-order valence-electron chi connectivity index (χ3n) is 3.71. The largest absolute Gasteiger partial charge is 0.481 e. The van der Waals surface area contributed by atoms with Crippen molar-refractivity contribution in [3.05, 3.63) is 11.6 Å². The summed E-state index contributed by atoms with van der Waals surface area (Å²) >= 11 is 0. The Hall–Kier alpha value is -0.840. The fraction of sp³-hybridized carbons (Fsp3) is 0.824. The van der Waals surface area contributed by atoms with Crippen molar-refractivity contribution in [3.8, 4) is 0 Å². The molecule has 0 rings (SSSR count). The summed E-state index contributed by atoms with van der Waals surface area (Å²) in [6.45, 7) is 2.18. The van der Waals surface area contributed by atoms with Gasteiger partial charge in [-0.15, -0.1) is 0 Å². The van der Waals surface area contributed by atoms with Crippen LogP contribution in [0.4, 0.5) is 0 Å². The van der Waals surface area contributed by atoms with Gasteiger partial charge in [-0.1, -0.05) is 57.1 Å². The Bertz CT molecular complexity index is 378. The van der Waals surface area contributed by atoms with Crippen LogP contribution in [-0.4, -0.2) is 25.2 Å². The summed E-state index contributed by atoms with van der Waals surface area (Å²) in [6, 6.07) is 0. The van der Waals surface area contributed by atoms with Crippen LogP contribution in [0.2, 0.25) is 0 Å². The molecule has 0 aromatic carbocycles. The maximum Gasteiger partial charge on any atom is 0.303 e. The van der Waals surface area contributed by atoms with Crippen LogP contribution in [-0.2, 0) is 15.5 Å². The van der Waals surface area contributed by atoms with Crippen LogP contribution in [0.5, 0.6) is 0 Å². The molecule has 22 heavy (non-hydrogen) atoms. The molecule has 130 valence electrons. The second-order valence-corrected chi connectivity index (χ2v) is 6.85. The van der Waals surface area contributed by atoms with E-state index >= 15 is 0 Å². The molecule has 0 heterocycles. The molecule has 0 aromatic rings. The van der Waals surface area contributed by atoms with Gasteiger partial charge in [0.2, 0.25) is 0 Å². The smallest absolute Gasteiger partial charge is 0.303 e. The van der Waals surface area contributed by atoms with Crippen molar-refractivity contribution in [2.24, 2.45) is 0 Å². The van der Waals surface area contributed by atoms with E-state index in [4.69, 9.17) is 5.11 Å². The molecule has 5 heteroatoms. The predicted octanol–water partition coefficient (Wildman–Crippen LogP) is 4.31. The number of hydrogen-bond acceptors (Lipinski definition) is 3. The zero-order valence-corrected chi connectivity index (χ0v) is 14.8. The molecule has 0 radical (unpaired) electrons. The van der Waals surface area contributed by atoms with Gasteiger partial charge in [0.15, 0.2) is 0 Å². The van der Waals surface area contributed by atoms with E-state index in [0.29, 0.717) is 0 Å². The second kappa shape index (κ2) is 15.1. The first kappa shape index (κ1) is 21.2. The topological polar surface area (TPSA) is 71.4 Å². The Kier molecular flexibility index (Phi) is 14.5. The Morgan fingerprint density at radius 2 is 1.50 bits per heavy atom. The SMILES string of the molecule is CCCCCC/C=C(\CCCCCCCC(=O)O)C[SH](=O)=O. The summed E-state index contributed by atoms with van der Waals surface area (Å²) in [7, 11) is -2.34. The summed E-state index contributed by atoms with van der Waals surface area (Å²) < 4.78 is 21.8. The van der Waals surface area contributed by atoms with Crippen LogP contribution in [0.15, 0.2) is 11.6 Å². The van der Waals surface area contributed by atoms with Crippen LogP contribution >= 0.6 is 0 Å². The number of allylic oxidation sites excluding steroid dienone is 1. The number of rotatable bonds is 15. The molecule has 0 saturated heterocycles. The molecule has 0 amide bonds. The van der Waals surface area contributed by atoms with E-state index in [-0.39, 0.29) is 12.2 Å². The van der Waals surface area contributed by atoms with E-state index < -0.39 is 16.7 Å². The van der Waals surface area contributed by atoms with E-state index in [1.54, 1.807) is 0 Å². The van der Waals surface area contributed by atoms with Crippen LogP contribution in [0.1, 0.15) is 84.0 Å². The maximum absolute atomic E-state index is 10.9. The highest BCUT2D eigenvalue weighted by Crippen LogP contribution is 2.14. The molecule has 0 aliphatic carbocycles. The highest BCUT2D eigenvalue weighted by molar-refractivity contribution is 7.72. The van der Waals surface area contributed by atoms with Crippen LogP contribution < -0.4 is 0 Å². The number of thiol groups is 1. The minimum atomic E-state index is -2.34. The lowest BCUT2D eigenvalue weighted by Gasteiger charge is -2.05. The fourth-order valence-electron chi connectivity index (χ4n) is 2.45. The molecular weight excluding hydrogens is 300 g/mol. The minimum Gasteiger partial charge on any atom is -0.481 e. The Balaban J connectivity index is 3.84. The van der Waals surface area contributed by atoms with Gasteiger partial charge in [-0.3, -0.25) is 4.79 Å². The normalized spacial score (nSPS) is 12.0. The van der Waals surface area contributed by atoms with Gasteiger partial charge in [-0.25, -0.2) is 8.42 Å². The van der Waals surface area contributed by atoms with Crippen molar-refractivity contribution in [2.75, 3.05) is 5.75 Å². The Labute approximate surface area is 137 Å². The molecule has 0 spiro atoms. The quantitative estimate of drug-likeness (QED) is 0.266. The van der Waals surface area contributed by atoms with E-state index in [9.17, 15) is 13.2 Å². The highest BCUT2D eigenvalue weighted by Gasteiger charge is 2.01. The van der Waals surface area contributed by atoms with Gasteiger partial charge in [0.1, 0.15) is 10.7 Å². The van der Waals surface area contributed by atoms with Crippen molar-refractivity contribution in [2.45, 2.75) is 84.0 Å². The van der Waals surface area contributed by atoms with Gasteiger partial charge < -0.3 is 5.11 Å². The van der Waals surface area contributed by atoms with Crippen LogP contribution in [0.3, 0.4) is 0 Å². The summed E-state index contributed by atoms with van der Waals surface area (Å²) in [5, 5.41) is 8.54. The number of unbranched alkanes of at least 4 members (excludes halogenated alkanes) is 8. The van der Waals surface area contributed by atoms with Gasteiger partial charge in [0.25, 0.3) is 0 Å². The molecule has 4 nitrogen and oxygen atoms in total. The molecule has 1 N–H and O–H groups in total. The number of aliphatic carboxylic acids is 1. The minimum absolute atomic E-state index is 0.197. The van der Waals surface area contributed by atoms with E-state index in [2.05, 4.69) is 13.0 Å². The van der Waals surface area contributed by atoms with E-state index in [1.165, 1.54) is 19.3 Å². The Morgan fingerprint density at radius 3 is 2.09 bits per heavy atom. The molecule has 0 bridgehead atoms. The predicted molar refractivity (Wildman–Crippen MR) is 92.0 cm³/mol. The third-order valence-corrected chi connectivity index (χ3v) is 4.38. The van der Waals surface area contributed by atoms with Gasteiger partial charge in [0.05, 0.1) is 5.75 Å². The van der Waals surface area contributed by atoms with Gasteiger partial charge in [0, 0.05) is 6.42 Å². The molecule has 0 saturated carbocycles. The first-order valence-electron chi connectivity index (χ1n) is 8.57. The third kappa shape index (κ3) is 15.5. The average molecular weight is 333 g/mol. The highest BCUT2D eigenvalue weighted by atomic mass is 32.2. The van der Waals surface area contributed by atoms with Crippen LogP contribution in [0, 0.1) is 0 Å². The number of carbonyl (C=O) groups is 1. The summed E-state index contributed by atoms with van der Waals surface area (Å²) in [5.41, 5.74) is 1.05. The van der Waals surface area contributed by atoms with Crippen molar-refractivity contribution >= 4 is 16.7 Å². The van der Waals surface area contributed by atoms with E-state index in [1.807, 2.05) is 0 Å². The van der Waals surface area contributed by atoms with Crippen molar-refractivity contribution in [3.63, 3.8) is 0 Å². The fourth-order valence-corrected chi connectivity index (χ4v) is 3.07. The van der Waals surface area contributed by atoms with E-state index in [0.717, 1.165) is 56.9 Å². The summed E-state index contributed by atoms with van der Waals surface area (Å²) in [4.78, 5) is 10.4. The lowest BCUT2D eigenvalue weighted by atomic mass is 10.0. The molecule has 0 atom stereocenters. The molecule has 0 unspecified atom stereocenters. The lowest BCUT2D eigenvalue weighted by molar-refractivity contribution is -0.137. The second-order valence-electron chi connectivity index (χ2n) is 5.86. The number of carboxylic acids is 1. The van der Waals surface area contributed by atoms with Gasteiger partial charge in [-0.2, -0.15) is 0 Å². The zero-order valence-electron chi connectivity index (χ0n) is 13.9. The zero-order chi connectivity index (χ0) is 16.6. The number of carboxylic acid groups (broad SMARTS) is 1. The van der Waals surface area contributed by atoms with Crippen molar-refractivity contribution in [1.29, 1.82) is 0 Å². The van der Waals surface area contributed by atoms with Gasteiger partial charge in [-0.05, 0) is 32.1 Å². The lowest BCUT2D eigenvalue weighted by Crippen LogP contribution is -1.96. The first-order chi connectivity index (χ1) is 10.6. The monoisotopic (exact) mass is 332 g/mol. The number of hydrogen-bond donors (Lipinski definition) is 2. The van der Waals surface area contributed by atoms with Gasteiger partial charge >= 0.3 is 5.97 Å². The summed E-state index contributed by atoms with van der Waals surface area (Å²) in [6.07, 6.45) is 13.8. The molecule has 0 fully saturated rings. The Morgan fingerprint density at radius 1 is 0.909 bits per heavy atom.